The first-order chi connectivity index (χ1) is 15.2. The average Bonchev–Trinajstić information content (AvgIpc) is 2.74. The fraction of sp³-hybridized carbons (Fsp3) is 0.571. The first-order valence-electron chi connectivity index (χ1n) is 10.8. The molecule has 0 aliphatic carbocycles. The fourth-order valence-corrected chi connectivity index (χ4v) is 3.82. The first kappa shape index (κ1) is 25.4. The number of aryl methyl sites for hydroxylation is 1. The molecule has 0 radical (unpaired) electrons. The average molecular weight is 465 g/mol. The Hall–Kier alpha value is -2.82. The number of nitrogens with one attached hydrogen (secondary N) is 2. The second-order valence-electron chi connectivity index (χ2n) is 7.54. The van der Waals surface area contributed by atoms with Crippen molar-refractivity contribution >= 4 is 29.2 Å². The predicted molar refractivity (Wildman–Crippen MR) is 128 cm³/mol. The molecule has 0 spiro atoms. The quantitative estimate of drug-likeness (QED) is 0.339. The minimum absolute atomic E-state index is 0.000888. The number of amides is 1. The highest BCUT2D eigenvalue weighted by Gasteiger charge is 2.24. The first-order valence-corrected chi connectivity index (χ1v) is 12.0. The third kappa shape index (κ3) is 5.90. The van der Waals surface area contributed by atoms with Gasteiger partial charge in [-0.2, -0.15) is 0 Å². The van der Waals surface area contributed by atoms with E-state index in [0.717, 1.165) is 12.8 Å². The number of hydrogen-bond acceptors (Lipinski definition) is 7. The third-order valence-electron chi connectivity index (χ3n) is 5.24. The summed E-state index contributed by atoms with van der Waals surface area (Å²) in [7, 11) is 0. The second kappa shape index (κ2) is 11.7. The molecule has 0 fully saturated rings. The van der Waals surface area contributed by atoms with Crippen LogP contribution in [0.1, 0.15) is 57.2 Å². The zero-order valence-corrected chi connectivity index (χ0v) is 19.9. The van der Waals surface area contributed by atoms with E-state index < -0.39 is 11.2 Å². The summed E-state index contributed by atoms with van der Waals surface area (Å²) in [5, 5.41) is 0.515. The van der Waals surface area contributed by atoms with Gasteiger partial charge in [0.1, 0.15) is 5.82 Å². The lowest BCUT2D eigenvalue weighted by molar-refractivity contribution is -0.118. The number of anilines is 2. The van der Waals surface area contributed by atoms with Gasteiger partial charge in [0.15, 0.2) is 10.8 Å². The van der Waals surface area contributed by atoms with Crippen LogP contribution in [0.25, 0.3) is 0 Å². The molecular weight excluding hydrogens is 432 g/mol. The zero-order chi connectivity index (χ0) is 23.8. The van der Waals surface area contributed by atoms with Crippen molar-refractivity contribution in [3.8, 4) is 0 Å². The van der Waals surface area contributed by atoms with Gasteiger partial charge >= 0.3 is 5.69 Å². The molecule has 0 saturated carbocycles. The van der Waals surface area contributed by atoms with Crippen molar-refractivity contribution in [2.24, 2.45) is 0 Å². The molecule has 10 nitrogen and oxygen atoms in total. The standard InChI is InChI=1S/C21H32N6O4S/c1-5-7-11-26(16-17(22)27(12-8-6-2)21(31)25-19(16)30)15(28)10-9-14-13(3)23-20(32-4)24-18(14)29/h5-12,22H2,1-4H3,(H,23,24,29)(H,25,30,31). The maximum absolute atomic E-state index is 13.2. The van der Waals surface area contributed by atoms with Crippen molar-refractivity contribution in [3.63, 3.8) is 0 Å². The van der Waals surface area contributed by atoms with Crippen LogP contribution in [-0.4, -0.2) is 38.2 Å². The molecule has 2 rings (SSSR count). The van der Waals surface area contributed by atoms with E-state index in [1.54, 1.807) is 6.92 Å². The molecule has 0 bridgehead atoms. The number of nitrogen functional groups attached to an aromatic ring is 1. The summed E-state index contributed by atoms with van der Waals surface area (Å²) in [6.45, 7) is 6.32. The maximum atomic E-state index is 13.2. The van der Waals surface area contributed by atoms with E-state index in [4.69, 9.17) is 5.73 Å². The molecule has 32 heavy (non-hydrogen) atoms. The van der Waals surface area contributed by atoms with Crippen LogP contribution in [-0.2, 0) is 17.8 Å². The number of carbonyl (C=O) groups excluding carboxylic acids is 1. The Morgan fingerprint density at radius 2 is 1.81 bits per heavy atom. The van der Waals surface area contributed by atoms with Gasteiger partial charge in [0, 0.05) is 30.8 Å². The summed E-state index contributed by atoms with van der Waals surface area (Å²) in [6.07, 6.45) is 5.00. The summed E-state index contributed by atoms with van der Waals surface area (Å²) < 4.78 is 1.30. The molecule has 2 aromatic heterocycles. The molecule has 0 atom stereocenters. The molecule has 176 valence electrons. The molecule has 2 aromatic rings. The molecule has 11 heteroatoms. The highest BCUT2D eigenvalue weighted by atomic mass is 32.2. The summed E-state index contributed by atoms with van der Waals surface area (Å²) in [6, 6.07) is 0. The molecule has 0 aliphatic rings. The van der Waals surface area contributed by atoms with Gasteiger partial charge < -0.3 is 15.6 Å². The Labute approximate surface area is 190 Å². The van der Waals surface area contributed by atoms with E-state index in [0.29, 0.717) is 35.8 Å². The van der Waals surface area contributed by atoms with Gasteiger partial charge in [-0.1, -0.05) is 38.5 Å². The number of H-pyrrole nitrogens is 2. The molecule has 0 unspecified atom stereocenters. The van der Waals surface area contributed by atoms with Crippen LogP contribution < -0.4 is 27.4 Å². The number of nitrogens with two attached hydrogens (primary N) is 1. The summed E-state index contributed by atoms with van der Waals surface area (Å²) in [5.74, 6) is -0.360. The lowest BCUT2D eigenvalue weighted by atomic mass is 10.1. The molecule has 0 saturated heterocycles. The Morgan fingerprint density at radius 1 is 1.12 bits per heavy atom. The van der Waals surface area contributed by atoms with Crippen LogP contribution in [0.15, 0.2) is 19.5 Å². The molecule has 2 heterocycles. The minimum Gasteiger partial charge on any atom is -0.383 e. The Bertz CT molecular complexity index is 1120. The van der Waals surface area contributed by atoms with Gasteiger partial charge in [0.05, 0.1) is 0 Å². The van der Waals surface area contributed by atoms with E-state index in [2.05, 4.69) is 15.0 Å². The Balaban J connectivity index is 2.39. The number of thioether (sulfide) groups is 1. The number of aromatic nitrogens is 4. The molecule has 0 aromatic carbocycles. The topological polar surface area (TPSA) is 147 Å². The van der Waals surface area contributed by atoms with E-state index in [9.17, 15) is 19.2 Å². The van der Waals surface area contributed by atoms with Crippen molar-refractivity contribution < 1.29 is 4.79 Å². The van der Waals surface area contributed by atoms with Gasteiger partial charge in [-0.05, 0) is 32.4 Å². The molecule has 4 N–H and O–H groups in total. The second-order valence-corrected chi connectivity index (χ2v) is 8.33. The number of carbonyl (C=O) groups is 1. The SMILES string of the molecule is CCCCN(C(=O)CCc1c(C)nc(SC)[nH]c1=O)c1c(N)n(CCCC)c(=O)[nH]c1=O. The van der Waals surface area contributed by atoms with Crippen LogP contribution in [0.2, 0.25) is 0 Å². The summed E-state index contributed by atoms with van der Waals surface area (Å²) in [5.41, 5.74) is 5.63. The van der Waals surface area contributed by atoms with Gasteiger partial charge in [-0.25, -0.2) is 9.78 Å². The normalized spacial score (nSPS) is 11.0. The Kier molecular flexibility index (Phi) is 9.30. The smallest absolute Gasteiger partial charge is 0.330 e. The van der Waals surface area contributed by atoms with Gasteiger partial charge in [-0.3, -0.25) is 23.9 Å². The third-order valence-corrected chi connectivity index (χ3v) is 5.82. The van der Waals surface area contributed by atoms with Crippen LogP contribution in [0.5, 0.6) is 0 Å². The van der Waals surface area contributed by atoms with E-state index >= 15 is 0 Å². The largest absolute Gasteiger partial charge is 0.383 e. The number of aromatic amines is 2. The van der Waals surface area contributed by atoms with E-state index in [1.807, 2.05) is 20.1 Å². The van der Waals surface area contributed by atoms with Crippen LogP contribution >= 0.6 is 11.8 Å². The fourth-order valence-electron chi connectivity index (χ4n) is 3.40. The Morgan fingerprint density at radius 3 is 2.41 bits per heavy atom. The summed E-state index contributed by atoms with van der Waals surface area (Å²) >= 11 is 1.33. The number of rotatable bonds is 11. The van der Waals surface area contributed by atoms with Crippen molar-refractivity contribution in [3.05, 3.63) is 42.4 Å². The summed E-state index contributed by atoms with van der Waals surface area (Å²) in [4.78, 5) is 61.1. The van der Waals surface area contributed by atoms with Crippen LogP contribution in [0.4, 0.5) is 11.5 Å². The highest BCUT2D eigenvalue weighted by Crippen LogP contribution is 2.20. The van der Waals surface area contributed by atoms with Crippen LogP contribution in [0.3, 0.4) is 0 Å². The maximum Gasteiger partial charge on any atom is 0.330 e. The van der Waals surface area contributed by atoms with Crippen molar-refractivity contribution in [1.29, 1.82) is 0 Å². The van der Waals surface area contributed by atoms with Gasteiger partial charge in [-0.15, -0.1) is 0 Å². The number of unbranched alkanes of at least 4 members (excludes halogenated alkanes) is 2. The van der Waals surface area contributed by atoms with E-state index in [1.165, 1.54) is 21.2 Å². The predicted octanol–water partition coefficient (Wildman–Crippen LogP) is 1.80. The number of nitrogens with zero attached hydrogens (tertiary/aromatic N) is 3. The number of hydrogen-bond donors (Lipinski definition) is 3. The zero-order valence-electron chi connectivity index (χ0n) is 19.1. The molecule has 1 amide bonds. The van der Waals surface area contributed by atoms with Gasteiger partial charge in [0.2, 0.25) is 5.91 Å². The van der Waals surface area contributed by atoms with Crippen molar-refractivity contribution in [2.45, 2.75) is 71.0 Å². The monoisotopic (exact) mass is 464 g/mol. The minimum atomic E-state index is -0.690. The molecule has 0 aliphatic heterocycles. The van der Waals surface area contributed by atoms with E-state index in [-0.39, 0.29) is 42.4 Å². The molecular formula is C21H32N6O4S. The lowest BCUT2D eigenvalue weighted by Crippen LogP contribution is -2.42. The van der Waals surface area contributed by atoms with Crippen molar-refractivity contribution in [2.75, 3.05) is 23.4 Å². The van der Waals surface area contributed by atoms with Crippen LogP contribution in [0, 0.1) is 6.92 Å². The van der Waals surface area contributed by atoms with Gasteiger partial charge in [0.25, 0.3) is 11.1 Å². The van der Waals surface area contributed by atoms with Crippen molar-refractivity contribution in [1.82, 2.24) is 19.5 Å². The highest BCUT2D eigenvalue weighted by molar-refractivity contribution is 7.98. The lowest BCUT2D eigenvalue weighted by Gasteiger charge is -2.24.